The summed E-state index contributed by atoms with van der Waals surface area (Å²) in [5.41, 5.74) is 4.24. The van der Waals surface area contributed by atoms with Gasteiger partial charge in [-0.3, -0.25) is 0 Å². The Morgan fingerprint density at radius 2 is 0.950 bits per heavy atom. The Balaban J connectivity index is 0.000000161. The summed E-state index contributed by atoms with van der Waals surface area (Å²) in [4.78, 5) is 18.1. The Morgan fingerprint density at radius 3 is 1.27 bits per heavy atom. The predicted molar refractivity (Wildman–Crippen MR) is 160 cm³/mol. The molecule has 2 saturated carbocycles. The maximum absolute atomic E-state index is 6.30. The van der Waals surface area contributed by atoms with Gasteiger partial charge in [0.25, 0.3) is 0 Å². The molecule has 2 fully saturated rings. The minimum Gasteiger partial charge on any atom is -0.470 e. The van der Waals surface area contributed by atoms with Gasteiger partial charge in [-0.25, -0.2) is 9.97 Å². The summed E-state index contributed by atoms with van der Waals surface area (Å²) in [5, 5.41) is 7.44. The van der Waals surface area contributed by atoms with Crippen molar-refractivity contribution in [3.05, 3.63) is 23.0 Å². The van der Waals surface area contributed by atoms with E-state index < -0.39 is 0 Å². The van der Waals surface area contributed by atoms with Gasteiger partial charge < -0.3 is 20.1 Å². The third-order valence-corrected chi connectivity index (χ3v) is 9.87. The van der Waals surface area contributed by atoms with E-state index in [1.807, 2.05) is 13.8 Å². The van der Waals surface area contributed by atoms with E-state index in [0.29, 0.717) is 35.8 Å². The van der Waals surface area contributed by atoms with Crippen LogP contribution in [0.5, 0.6) is 11.8 Å². The molecule has 8 nitrogen and oxygen atoms in total. The zero-order valence-corrected chi connectivity index (χ0v) is 25.9. The molecule has 2 aliphatic heterocycles. The number of hydrogen-bond donors (Lipinski definition) is 2. The second-order valence-electron chi connectivity index (χ2n) is 12.2. The summed E-state index contributed by atoms with van der Waals surface area (Å²) >= 11 is 0. The number of rotatable bonds is 6. The van der Waals surface area contributed by atoms with Gasteiger partial charge in [0.15, 0.2) is 0 Å². The van der Waals surface area contributed by atoms with Crippen LogP contribution >= 0.6 is 0 Å². The highest BCUT2D eigenvalue weighted by Gasteiger charge is 2.48. The fourth-order valence-electron chi connectivity index (χ4n) is 7.61. The highest BCUT2D eigenvalue weighted by atomic mass is 16.5. The van der Waals surface area contributed by atoms with Gasteiger partial charge in [0.1, 0.15) is 35.2 Å². The lowest BCUT2D eigenvalue weighted by Gasteiger charge is -2.35. The molecule has 0 aromatic carbocycles. The number of aromatic nitrogens is 4. The SMILES string of the molecule is CCc1nc(C)nc2c1N[C@@H]1[C@@H](CC)C[C@H](CC)[C@@H]1O2.CCc1nc(C)nc2c1N[C@H]1[C@@H](CC)C[C@H](CC)[C@H]1O2. The quantitative estimate of drug-likeness (QED) is 0.411. The van der Waals surface area contributed by atoms with Crippen LogP contribution in [0.25, 0.3) is 0 Å². The molecule has 2 aliphatic carbocycles. The van der Waals surface area contributed by atoms with Crippen LogP contribution < -0.4 is 20.1 Å². The third kappa shape index (κ3) is 5.23. The smallest absolute Gasteiger partial charge is 0.241 e. The zero-order valence-electron chi connectivity index (χ0n) is 25.9. The van der Waals surface area contributed by atoms with Gasteiger partial charge in [-0.2, -0.15) is 9.97 Å². The van der Waals surface area contributed by atoms with E-state index in [1.54, 1.807) is 0 Å². The van der Waals surface area contributed by atoms with E-state index in [2.05, 4.69) is 72.1 Å². The molecule has 0 saturated heterocycles. The lowest BCUT2D eigenvalue weighted by atomic mass is 9.98. The molecule has 2 aromatic heterocycles. The predicted octanol–water partition coefficient (Wildman–Crippen LogP) is 6.69. The summed E-state index contributed by atoms with van der Waals surface area (Å²) in [7, 11) is 0. The molecule has 6 rings (SSSR count). The Hall–Kier alpha value is -2.64. The zero-order chi connectivity index (χ0) is 28.6. The molecule has 0 spiro atoms. The highest BCUT2D eigenvalue weighted by Crippen LogP contribution is 2.46. The number of aryl methyl sites for hydroxylation is 4. The number of nitrogens with one attached hydrogen (secondary N) is 2. The Bertz CT molecular complexity index is 1100. The van der Waals surface area contributed by atoms with E-state index in [-0.39, 0.29) is 12.2 Å². The second-order valence-corrected chi connectivity index (χ2v) is 12.2. The first kappa shape index (κ1) is 28.9. The molecule has 0 amide bonds. The van der Waals surface area contributed by atoms with Crippen molar-refractivity contribution in [2.45, 2.75) is 131 Å². The summed E-state index contributed by atoms with van der Waals surface area (Å²) in [6.45, 7) is 17.2. The van der Waals surface area contributed by atoms with Crippen molar-refractivity contribution >= 4 is 11.4 Å². The standard InChI is InChI=1S/2C16H25N3O/c2*1-5-10-8-11(6-2)15-13(10)19-14-12(7-3)17-9(4)18-16(14)20-15/h2*10-11,13,15,19H,5-8H2,1-4H3/t10-,11-,13+,15-;10-,11-,13-,15+/m00/s1. The maximum atomic E-state index is 6.30. The fraction of sp³-hybridized carbons (Fsp3) is 0.750. The lowest BCUT2D eigenvalue weighted by molar-refractivity contribution is 0.128. The van der Waals surface area contributed by atoms with Crippen molar-refractivity contribution in [2.24, 2.45) is 23.7 Å². The van der Waals surface area contributed by atoms with Crippen LogP contribution in [0, 0.1) is 37.5 Å². The number of ether oxygens (including phenoxy) is 2. The third-order valence-electron chi connectivity index (χ3n) is 9.87. The van der Waals surface area contributed by atoms with Gasteiger partial charge in [-0.05, 0) is 76.0 Å². The van der Waals surface area contributed by atoms with Crippen molar-refractivity contribution in [1.82, 2.24) is 19.9 Å². The van der Waals surface area contributed by atoms with Crippen molar-refractivity contribution in [2.75, 3.05) is 10.6 Å². The summed E-state index contributed by atoms with van der Waals surface area (Å²) < 4.78 is 12.6. The first-order valence-corrected chi connectivity index (χ1v) is 16.0. The van der Waals surface area contributed by atoms with Crippen LogP contribution in [-0.2, 0) is 12.8 Å². The van der Waals surface area contributed by atoms with Gasteiger partial charge >= 0.3 is 0 Å². The molecule has 8 heteroatoms. The molecule has 4 heterocycles. The monoisotopic (exact) mass is 550 g/mol. The molecule has 220 valence electrons. The van der Waals surface area contributed by atoms with Crippen LogP contribution in [0.4, 0.5) is 11.4 Å². The molecule has 4 aliphatic rings. The van der Waals surface area contributed by atoms with Crippen molar-refractivity contribution in [3.8, 4) is 11.8 Å². The van der Waals surface area contributed by atoms with Gasteiger partial charge in [-0.15, -0.1) is 0 Å². The van der Waals surface area contributed by atoms with Crippen molar-refractivity contribution in [1.29, 1.82) is 0 Å². The van der Waals surface area contributed by atoms with Crippen LogP contribution in [0.1, 0.15) is 103 Å². The number of fused-ring (bicyclic) bond motifs is 4. The van der Waals surface area contributed by atoms with Gasteiger partial charge in [0.05, 0.1) is 23.5 Å². The van der Waals surface area contributed by atoms with Crippen molar-refractivity contribution < 1.29 is 9.47 Å². The number of hydrogen-bond acceptors (Lipinski definition) is 8. The summed E-state index contributed by atoms with van der Waals surface area (Å²) in [5.74, 6) is 5.83. The Morgan fingerprint density at radius 1 is 0.575 bits per heavy atom. The first-order chi connectivity index (χ1) is 19.3. The van der Waals surface area contributed by atoms with E-state index >= 15 is 0 Å². The molecule has 0 radical (unpaired) electrons. The molecule has 0 unspecified atom stereocenters. The normalized spacial score (nSPS) is 31.2. The van der Waals surface area contributed by atoms with Gasteiger partial charge in [0, 0.05) is 0 Å². The van der Waals surface area contributed by atoms with E-state index in [0.717, 1.165) is 59.0 Å². The molecular weight excluding hydrogens is 500 g/mol. The number of nitrogens with zero attached hydrogens (tertiary/aromatic N) is 4. The topological polar surface area (TPSA) is 94.1 Å². The van der Waals surface area contributed by atoms with Crippen molar-refractivity contribution in [3.63, 3.8) is 0 Å². The Kier molecular flexibility index (Phi) is 8.72. The first-order valence-electron chi connectivity index (χ1n) is 16.0. The molecule has 0 bridgehead atoms. The van der Waals surface area contributed by atoms with Crippen LogP contribution in [0.15, 0.2) is 0 Å². The fourth-order valence-corrected chi connectivity index (χ4v) is 7.61. The maximum Gasteiger partial charge on any atom is 0.241 e. The molecule has 2 N–H and O–H groups in total. The molecule has 8 atom stereocenters. The largest absolute Gasteiger partial charge is 0.470 e. The van der Waals surface area contributed by atoms with Crippen LogP contribution in [0.3, 0.4) is 0 Å². The summed E-state index contributed by atoms with van der Waals surface area (Å²) in [6, 6.07) is 0.850. The highest BCUT2D eigenvalue weighted by molar-refractivity contribution is 5.60. The minimum absolute atomic E-state index is 0.274. The van der Waals surface area contributed by atoms with Crippen LogP contribution in [-0.4, -0.2) is 44.2 Å². The van der Waals surface area contributed by atoms with Gasteiger partial charge in [-0.1, -0.05) is 54.4 Å². The minimum atomic E-state index is 0.274. The Labute approximate surface area is 240 Å². The number of anilines is 2. The lowest BCUT2D eigenvalue weighted by Crippen LogP contribution is -2.43. The molecular formula is C32H50N6O2. The average molecular weight is 551 g/mol. The second kappa shape index (κ2) is 12.1. The van der Waals surface area contributed by atoms with Crippen LogP contribution in [0.2, 0.25) is 0 Å². The van der Waals surface area contributed by atoms with E-state index in [1.165, 1.54) is 38.5 Å². The van der Waals surface area contributed by atoms with Gasteiger partial charge in [0.2, 0.25) is 11.8 Å². The average Bonchev–Trinajstić information content (AvgIpc) is 3.50. The van der Waals surface area contributed by atoms with E-state index in [9.17, 15) is 0 Å². The molecule has 2 aromatic rings. The van der Waals surface area contributed by atoms with E-state index in [4.69, 9.17) is 9.47 Å². The summed E-state index contributed by atoms with van der Waals surface area (Å²) in [6.07, 6.45) is 9.66. The molecule has 40 heavy (non-hydrogen) atoms.